The predicted octanol–water partition coefficient (Wildman–Crippen LogP) is -0.641. The van der Waals surface area contributed by atoms with E-state index in [1.807, 2.05) is 25.6 Å². The molecule has 132 valence electrons. The van der Waals surface area contributed by atoms with E-state index in [4.69, 9.17) is 0 Å². The topological polar surface area (TPSA) is 124 Å². The van der Waals surface area contributed by atoms with Gasteiger partial charge in [0, 0.05) is 19.3 Å². The Bertz CT molecular complexity index is 838. The van der Waals surface area contributed by atoms with Crippen molar-refractivity contribution in [1.29, 1.82) is 0 Å². The lowest BCUT2D eigenvalue weighted by Crippen LogP contribution is -2.29. The van der Waals surface area contributed by atoms with Gasteiger partial charge in [0.05, 0.1) is 18.1 Å². The summed E-state index contributed by atoms with van der Waals surface area (Å²) in [5, 5.41) is 14.5. The first kappa shape index (κ1) is 17.9. The third-order valence-corrected chi connectivity index (χ3v) is 4.07. The smallest absolute Gasteiger partial charge is 0.241 e. The third-order valence-electron chi connectivity index (χ3n) is 3.49. The molecule has 0 saturated carbocycles. The lowest BCUT2D eigenvalue weighted by Gasteiger charge is -2.05. The maximum Gasteiger partial charge on any atom is 0.241 e. The van der Waals surface area contributed by atoms with Gasteiger partial charge in [-0.3, -0.25) is 14.2 Å². The van der Waals surface area contributed by atoms with E-state index in [0.717, 1.165) is 23.2 Å². The number of rotatable bonds is 7. The van der Waals surface area contributed by atoms with Gasteiger partial charge < -0.3 is 5.32 Å². The Hall–Kier alpha value is -2.43. The van der Waals surface area contributed by atoms with Gasteiger partial charge in [0.25, 0.3) is 0 Å². The summed E-state index contributed by atoms with van der Waals surface area (Å²) >= 11 is 0. The normalized spacial score (nSPS) is 11.5. The highest BCUT2D eigenvalue weighted by Gasteiger charge is 2.11. The minimum atomic E-state index is -3.42. The predicted molar refractivity (Wildman–Crippen MR) is 87.9 cm³/mol. The molecule has 0 unspecified atom stereocenters. The summed E-state index contributed by atoms with van der Waals surface area (Å²) in [6, 6.07) is 0. The molecule has 0 spiro atoms. The van der Waals surface area contributed by atoms with Crippen LogP contribution in [0, 0.1) is 13.8 Å². The van der Waals surface area contributed by atoms with Crippen LogP contribution in [0.2, 0.25) is 0 Å². The van der Waals surface area contributed by atoms with E-state index >= 15 is 0 Å². The van der Waals surface area contributed by atoms with Crippen molar-refractivity contribution in [2.75, 3.05) is 17.5 Å². The molecular weight excluding hydrogens is 334 g/mol. The van der Waals surface area contributed by atoms with E-state index in [0.29, 0.717) is 13.0 Å². The summed E-state index contributed by atoms with van der Waals surface area (Å²) in [6.07, 6.45) is 3.06. The fraction of sp³-hybridized carbons (Fsp3) is 0.538. The number of carbonyl (C=O) groups is 1. The molecule has 2 N–H and O–H groups in total. The minimum absolute atomic E-state index is 0.0382. The van der Waals surface area contributed by atoms with Gasteiger partial charge >= 0.3 is 0 Å². The highest BCUT2D eigenvalue weighted by molar-refractivity contribution is 7.92. The number of nitrogens with one attached hydrogen (secondary N) is 2. The van der Waals surface area contributed by atoms with Gasteiger partial charge in [-0.05, 0) is 25.8 Å². The fourth-order valence-electron chi connectivity index (χ4n) is 2.32. The lowest BCUT2D eigenvalue weighted by molar-refractivity contribution is -0.121. The van der Waals surface area contributed by atoms with Crippen molar-refractivity contribution in [3.8, 4) is 0 Å². The van der Waals surface area contributed by atoms with E-state index < -0.39 is 10.0 Å². The molecule has 1 amide bonds. The van der Waals surface area contributed by atoms with Crippen molar-refractivity contribution in [2.24, 2.45) is 7.05 Å². The van der Waals surface area contributed by atoms with Crippen LogP contribution < -0.4 is 10.0 Å². The highest BCUT2D eigenvalue weighted by atomic mass is 32.2. The molecule has 0 bridgehead atoms. The number of carbonyl (C=O) groups excluding carboxylic acids is 1. The molecule has 2 aromatic heterocycles. The van der Waals surface area contributed by atoms with Crippen molar-refractivity contribution in [1.82, 2.24) is 30.1 Å². The van der Waals surface area contributed by atoms with Gasteiger partial charge in [0.15, 0.2) is 5.82 Å². The fourth-order valence-corrected chi connectivity index (χ4v) is 2.80. The minimum Gasteiger partial charge on any atom is -0.354 e. The first-order valence-electron chi connectivity index (χ1n) is 7.29. The summed E-state index contributed by atoms with van der Waals surface area (Å²) < 4.78 is 27.5. The largest absolute Gasteiger partial charge is 0.354 e. The third kappa shape index (κ3) is 4.78. The molecular formula is C13H21N7O3S. The number of hydrogen-bond acceptors (Lipinski definition) is 6. The van der Waals surface area contributed by atoms with E-state index in [2.05, 4.69) is 25.4 Å². The Kier molecular flexibility index (Phi) is 5.22. The van der Waals surface area contributed by atoms with Crippen molar-refractivity contribution >= 4 is 21.7 Å². The van der Waals surface area contributed by atoms with Gasteiger partial charge in [-0.2, -0.15) is 5.10 Å². The molecule has 2 aromatic rings. The summed E-state index contributed by atoms with van der Waals surface area (Å²) in [6.45, 7) is 4.37. The second-order valence-corrected chi connectivity index (χ2v) is 7.30. The van der Waals surface area contributed by atoms with E-state index in [-0.39, 0.29) is 18.3 Å². The number of amides is 1. The molecule has 11 heteroatoms. The lowest BCUT2D eigenvalue weighted by atomic mass is 10.1. The van der Waals surface area contributed by atoms with Crippen molar-refractivity contribution < 1.29 is 13.2 Å². The quantitative estimate of drug-likeness (QED) is 0.681. The average molecular weight is 355 g/mol. The van der Waals surface area contributed by atoms with Gasteiger partial charge in [-0.25, -0.2) is 13.1 Å². The second kappa shape index (κ2) is 6.99. The molecule has 10 nitrogen and oxygen atoms in total. The molecule has 0 aliphatic carbocycles. The highest BCUT2D eigenvalue weighted by Crippen LogP contribution is 2.11. The van der Waals surface area contributed by atoms with Crippen molar-refractivity contribution in [3.63, 3.8) is 0 Å². The van der Waals surface area contributed by atoms with Crippen LogP contribution in [-0.4, -0.2) is 51.9 Å². The molecule has 24 heavy (non-hydrogen) atoms. The van der Waals surface area contributed by atoms with Gasteiger partial charge in [0.1, 0.15) is 6.54 Å². The van der Waals surface area contributed by atoms with Crippen LogP contribution in [0.15, 0.2) is 6.20 Å². The number of aryl methyl sites for hydroxylation is 2. The van der Waals surface area contributed by atoms with Crippen molar-refractivity contribution in [3.05, 3.63) is 23.1 Å². The monoisotopic (exact) mass is 355 g/mol. The van der Waals surface area contributed by atoms with Crippen molar-refractivity contribution in [2.45, 2.75) is 26.8 Å². The van der Waals surface area contributed by atoms with E-state index in [1.165, 1.54) is 10.9 Å². The second-order valence-electron chi connectivity index (χ2n) is 5.55. The zero-order valence-electron chi connectivity index (χ0n) is 14.1. The Morgan fingerprint density at radius 3 is 2.62 bits per heavy atom. The molecule has 0 aliphatic rings. The number of nitrogens with zero attached hydrogens (tertiary/aromatic N) is 5. The number of aromatic nitrogens is 5. The number of anilines is 1. The summed E-state index contributed by atoms with van der Waals surface area (Å²) in [5.74, 6) is -0.156. The Morgan fingerprint density at radius 2 is 2.04 bits per heavy atom. The van der Waals surface area contributed by atoms with Crippen LogP contribution in [0.25, 0.3) is 0 Å². The van der Waals surface area contributed by atoms with Crippen LogP contribution in [0.5, 0.6) is 0 Å². The Balaban J connectivity index is 1.83. The van der Waals surface area contributed by atoms with Gasteiger partial charge in [0.2, 0.25) is 15.9 Å². The molecule has 2 rings (SSSR count). The molecule has 0 aliphatic heterocycles. The zero-order valence-corrected chi connectivity index (χ0v) is 14.9. The molecule has 0 atom stereocenters. The van der Waals surface area contributed by atoms with Crippen LogP contribution in [0.4, 0.5) is 5.82 Å². The first-order valence-corrected chi connectivity index (χ1v) is 9.18. The van der Waals surface area contributed by atoms with Gasteiger partial charge in [-0.1, -0.05) is 5.21 Å². The standard InChI is InChI=1S/C13H21N7O3S/c1-9-11(10(2)19(3)16-9)5-6-14-13(21)8-20-7-12(15-18-20)17-24(4,22)23/h7,17H,5-6,8H2,1-4H3,(H,14,21). The number of hydrogen-bond donors (Lipinski definition) is 2. The van der Waals surface area contributed by atoms with Crippen LogP contribution in [0.3, 0.4) is 0 Å². The van der Waals surface area contributed by atoms with Crippen LogP contribution in [0.1, 0.15) is 17.0 Å². The molecule has 0 radical (unpaired) electrons. The average Bonchev–Trinajstić information content (AvgIpc) is 2.96. The summed E-state index contributed by atoms with van der Waals surface area (Å²) in [5.41, 5.74) is 3.16. The zero-order chi connectivity index (χ0) is 17.9. The van der Waals surface area contributed by atoms with Crippen LogP contribution >= 0.6 is 0 Å². The summed E-state index contributed by atoms with van der Waals surface area (Å²) in [7, 11) is -1.53. The first-order chi connectivity index (χ1) is 11.2. The Morgan fingerprint density at radius 1 is 1.33 bits per heavy atom. The van der Waals surface area contributed by atoms with E-state index in [9.17, 15) is 13.2 Å². The van der Waals surface area contributed by atoms with Crippen LogP contribution in [-0.2, 0) is 34.8 Å². The van der Waals surface area contributed by atoms with Gasteiger partial charge in [-0.15, -0.1) is 5.10 Å². The maximum atomic E-state index is 11.9. The van der Waals surface area contributed by atoms with E-state index in [1.54, 1.807) is 0 Å². The summed E-state index contributed by atoms with van der Waals surface area (Å²) in [4.78, 5) is 11.9. The molecule has 0 fully saturated rings. The molecule has 0 saturated heterocycles. The molecule has 2 heterocycles. The SMILES string of the molecule is Cc1nn(C)c(C)c1CCNC(=O)Cn1cc(NS(C)(=O)=O)nn1. The Labute approximate surface area is 140 Å². The number of sulfonamides is 1. The maximum absolute atomic E-state index is 11.9. The molecule has 0 aromatic carbocycles.